The molecule has 0 radical (unpaired) electrons. The Labute approximate surface area is 113 Å². The van der Waals surface area contributed by atoms with Gasteiger partial charge in [0.1, 0.15) is 5.82 Å². The lowest BCUT2D eigenvalue weighted by atomic mass is 10.2. The third-order valence-electron chi connectivity index (χ3n) is 3.16. The van der Waals surface area contributed by atoms with Crippen LogP contribution in [0.5, 0.6) is 0 Å². The number of para-hydroxylation sites is 2. The summed E-state index contributed by atoms with van der Waals surface area (Å²) in [4.78, 5) is 16.3. The molecule has 0 spiro atoms. The van der Waals surface area contributed by atoms with E-state index in [2.05, 4.69) is 10.3 Å². The van der Waals surface area contributed by atoms with Crippen molar-refractivity contribution in [3.63, 3.8) is 0 Å². The van der Waals surface area contributed by atoms with E-state index >= 15 is 0 Å². The standard InChI is InChI=1S/C15H19N3O/c1-4-7-11(2)15(19)16-10-14-17-12-8-5-6-9-13(12)18(14)3/h5-9H,4,10H2,1-3H3,(H,16,19)/b11-7-. The minimum absolute atomic E-state index is 0.0334. The van der Waals surface area contributed by atoms with Gasteiger partial charge in [-0.05, 0) is 25.5 Å². The molecule has 1 heterocycles. The van der Waals surface area contributed by atoms with Crippen molar-refractivity contribution in [3.8, 4) is 0 Å². The SMILES string of the molecule is CC/C=C(/C)C(=O)NCc1nc2ccccc2n1C. The van der Waals surface area contributed by atoms with E-state index in [1.807, 2.05) is 55.8 Å². The molecule has 0 unspecified atom stereocenters. The average Bonchev–Trinajstić information content (AvgIpc) is 2.73. The van der Waals surface area contributed by atoms with Gasteiger partial charge in [0.05, 0.1) is 17.6 Å². The Morgan fingerprint density at radius 2 is 2.16 bits per heavy atom. The minimum Gasteiger partial charge on any atom is -0.345 e. The highest BCUT2D eigenvalue weighted by Crippen LogP contribution is 2.13. The summed E-state index contributed by atoms with van der Waals surface area (Å²) >= 11 is 0. The molecule has 0 saturated heterocycles. The van der Waals surface area contributed by atoms with Gasteiger partial charge in [0.25, 0.3) is 0 Å². The van der Waals surface area contributed by atoms with Crippen molar-refractivity contribution in [1.29, 1.82) is 0 Å². The highest BCUT2D eigenvalue weighted by Gasteiger charge is 2.09. The molecule has 1 aromatic carbocycles. The van der Waals surface area contributed by atoms with Gasteiger partial charge in [-0.25, -0.2) is 4.98 Å². The van der Waals surface area contributed by atoms with E-state index < -0.39 is 0 Å². The van der Waals surface area contributed by atoms with Crippen LogP contribution in [0.15, 0.2) is 35.9 Å². The predicted molar refractivity (Wildman–Crippen MR) is 76.6 cm³/mol. The van der Waals surface area contributed by atoms with Crippen molar-refractivity contribution >= 4 is 16.9 Å². The maximum absolute atomic E-state index is 11.8. The molecule has 0 bridgehead atoms. The van der Waals surface area contributed by atoms with Gasteiger partial charge in [0.2, 0.25) is 5.91 Å². The van der Waals surface area contributed by atoms with E-state index in [0.717, 1.165) is 28.9 Å². The van der Waals surface area contributed by atoms with Crippen LogP contribution in [0.1, 0.15) is 26.1 Å². The molecular weight excluding hydrogens is 238 g/mol. The molecule has 4 heteroatoms. The van der Waals surface area contributed by atoms with Crippen LogP contribution in [0.25, 0.3) is 11.0 Å². The number of carbonyl (C=O) groups excluding carboxylic acids is 1. The normalized spacial score (nSPS) is 11.8. The predicted octanol–water partition coefficient (Wildman–Crippen LogP) is 2.55. The van der Waals surface area contributed by atoms with Crippen molar-refractivity contribution in [3.05, 3.63) is 41.7 Å². The Balaban J connectivity index is 2.12. The molecule has 2 rings (SSSR count). The molecule has 0 atom stereocenters. The summed E-state index contributed by atoms with van der Waals surface area (Å²) < 4.78 is 2.01. The fourth-order valence-electron chi connectivity index (χ4n) is 2.05. The highest BCUT2D eigenvalue weighted by atomic mass is 16.1. The number of aryl methyl sites for hydroxylation is 1. The van der Waals surface area contributed by atoms with Crippen molar-refractivity contribution in [2.24, 2.45) is 7.05 Å². The molecule has 100 valence electrons. The first-order valence-corrected chi connectivity index (χ1v) is 6.48. The number of hydrogen-bond acceptors (Lipinski definition) is 2. The molecule has 1 N–H and O–H groups in total. The van der Waals surface area contributed by atoms with E-state index in [-0.39, 0.29) is 5.91 Å². The number of hydrogen-bond donors (Lipinski definition) is 1. The van der Waals surface area contributed by atoms with E-state index in [1.165, 1.54) is 0 Å². The Morgan fingerprint density at radius 3 is 2.84 bits per heavy atom. The number of aromatic nitrogens is 2. The molecule has 1 amide bonds. The Bertz CT molecular complexity index is 625. The van der Waals surface area contributed by atoms with Gasteiger partial charge in [0.15, 0.2) is 0 Å². The summed E-state index contributed by atoms with van der Waals surface area (Å²) in [5.41, 5.74) is 2.78. The van der Waals surface area contributed by atoms with Crippen LogP contribution >= 0.6 is 0 Å². The zero-order valence-corrected chi connectivity index (χ0v) is 11.6. The number of fused-ring (bicyclic) bond motifs is 1. The van der Waals surface area contributed by atoms with E-state index in [0.29, 0.717) is 6.54 Å². The number of nitrogens with zero attached hydrogens (tertiary/aromatic N) is 2. The summed E-state index contributed by atoms with van der Waals surface area (Å²) in [5, 5.41) is 2.89. The third-order valence-corrected chi connectivity index (χ3v) is 3.16. The number of rotatable bonds is 4. The molecule has 2 aromatic rings. The van der Waals surface area contributed by atoms with Crippen LogP contribution in [0.4, 0.5) is 0 Å². The largest absolute Gasteiger partial charge is 0.345 e. The van der Waals surface area contributed by atoms with Crippen molar-refractivity contribution < 1.29 is 4.79 Å². The van der Waals surface area contributed by atoms with Crippen LogP contribution in [0.3, 0.4) is 0 Å². The topological polar surface area (TPSA) is 46.9 Å². The lowest BCUT2D eigenvalue weighted by Gasteiger charge is -2.05. The van der Waals surface area contributed by atoms with Crippen LogP contribution in [0.2, 0.25) is 0 Å². The second kappa shape index (κ2) is 5.69. The first-order valence-electron chi connectivity index (χ1n) is 6.48. The number of carbonyl (C=O) groups is 1. The second-order valence-electron chi connectivity index (χ2n) is 4.55. The Morgan fingerprint density at radius 1 is 1.42 bits per heavy atom. The van der Waals surface area contributed by atoms with Crippen molar-refractivity contribution in [1.82, 2.24) is 14.9 Å². The van der Waals surface area contributed by atoms with Gasteiger partial charge in [-0.3, -0.25) is 4.79 Å². The number of allylic oxidation sites excluding steroid dienone is 1. The van der Waals surface area contributed by atoms with Crippen LogP contribution < -0.4 is 5.32 Å². The zero-order chi connectivity index (χ0) is 13.8. The maximum Gasteiger partial charge on any atom is 0.246 e. The third kappa shape index (κ3) is 2.84. The van der Waals surface area contributed by atoms with Gasteiger partial charge in [-0.15, -0.1) is 0 Å². The summed E-state index contributed by atoms with van der Waals surface area (Å²) in [5.74, 6) is 0.827. The number of amides is 1. The zero-order valence-electron chi connectivity index (χ0n) is 11.6. The molecule has 0 aliphatic carbocycles. The Hall–Kier alpha value is -2.10. The van der Waals surface area contributed by atoms with Crippen molar-refractivity contribution in [2.45, 2.75) is 26.8 Å². The molecular formula is C15H19N3O. The number of nitrogens with one attached hydrogen (secondary N) is 1. The van der Waals surface area contributed by atoms with Crippen LogP contribution in [-0.2, 0) is 18.4 Å². The summed E-state index contributed by atoms with van der Waals surface area (Å²) in [6.07, 6.45) is 2.79. The smallest absolute Gasteiger partial charge is 0.246 e. The lowest BCUT2D eigenvalue weighted by Crippen LogP contribution is -2.25. The van der Waals surface area contributed by atoms with E-state index in [4.69, 9.17) is 0 Å². The lowest BCUT2D eigenvalue weighted by molar-refractivity contribution is -0.117. The molecule has 0 aliphatic heterocycles. The molecule has 1 aromatic heterocycles. The molecule has 0 saturated carbocycles. The van der Waals surface area contributed by atoms with Gasteiger partial charge < -0.3 is 9.88 Å². The maximum atomic E-state index is 11.8. The highest BCUT2D eigenvalue weighted by molar-refractivity contribution is 5.92. The molecule has 0 fully saturated rings. The number of benzene rings is 1. The van der Waals surface area contributed by atoms with Gasteiger partial charge in [-0.2, -0.15) is 0 Å². The first kappa shape index (κ1) is 13.3. The molecule has 4 nitrogen and oxygen atoms in total. The minimum atomic E-state index is -0.0334. The van der Waals surface area contributed by atoms with Crippen LogP contribution in [-0.4, -0.2) is 15.5 Å². The molecule has 19 heavy (non-hydrogen) atoms. The Kier molecular flexibility index (Phi) is 4.00. The summed E-state index contributed by atoms with van der Waals surface area (Å²) in [6, 6.07) is 7.95. The fraction of sp³-hybridized carbons (Fsp3) is 0.333. The van der Waals surface area contributed by atoms with Crippen molar-refractivity contribution in [2.75, 3.05) is 0 Å². The van der Waals surface area contributed by atoms with E-state index in [9.17, 15) is 4.79 Å². The summed E-state index contributed by atoms with van der Waals surface area (Å²) in [7, 11) is 1.96. The number of imidazole rings is 1. The monoisotopic (exact) mass is 257 g/mol. The van der Waals surface area contributed by atoms with Gasteiger partial charge >= 0.3 is 0 Å². The van der Waals surface area contributed by atoms with Gasteiger partial charge in [0, 0.05) is 12.6 Å². The quantitative estimate of drug-likeness (QED) is 0.856. The van der Waals surface area contributed by atoms with E-state index in [1.54, 1.807) is 0 Å². The average molecular weight is 257 g/mol. The summed E-state index contributed by atoms with van der Waals surface area (Å²) in [6.45, 7) is 4.29. The second-order valence-corrected chi connectivity index (χ2v) is 4.55. The van der Waals surface area contributed by atoms with Gasteiger partial charge in [-0.1, -0.05) is 25.1 Å². The fourth-order valence-corrected chi connectivity index (χ4v) is 2.05. The van der Waals surface area contributed by atoms with Crippen LogP contribution in [0, 0.1) is 0 Å². The molecule has 0 aliphatic rings. The first-order chi connectivity index (χ1) is 9.13.